The smallest absolute Gasteiger partial charge is 0.322 e. The van der Waals surface area contributed by atoms with Crippen molar-refractivity contribution in [3.63, 3.8) is 0 Å². The van der Waals surface area contributed by atoms with Crippen molar-refractivity contribution in [2.75, 3.05) is 38.2 Å². The number of carbonyl (C=O) groups excluding carboxylic acids is 3. The van der Waals surface area contributed by atoms with Crippen LogP contribution in [0.15, 0.2) is 18.2 Å². The van der Waals surface area contributed by atoms with Crippen LogP contribution in [0.25, 0.3) is 0 Å². The molecule has 3 amide bonds. The molecule has 10 nitrogen and oxygen atoms in total. The summed E-state index contributed by atoms with van der Waals surface area (Å²) in [6.45, 7) is 3.09. The Morgan fingerprint density at radius 2 is 1.90 bits per heavy atom. The third kappa shape index (κ3) is 4.51. The molecule has 1 aromatic rings. The second kappa shape index (κ2) is 8.37. The summed E-state index contributed by atoms with van der Waals surface area (Å²) in [6, 6.07) is 4.46. The zero-order valence-electron chi connectivity index (χ0n) is 16.3. The molecule has 0 bridgehead atoms. The molecule has 0 atom stereocenters. The minimum absolute atomic E-state index is 0.129. The number of benzene rings is 1. The van der Waals surface area contributed by atoms with Crippen molar-refractivity contribution in [2.45, 2.75) is 19.8 Å². The first-order valence-corrected chi connectivity index (χ1v) is 10.7. The summed E-state index contributed by atoms with van der Waals surface area (Å²) in [4.78, 5) is 37.4. The first-order chi connectivity index (χ1) is 13.7. The highest BCUT2D eigenvalue weighted by Crippen LogP contribution is 2.24. The van der Waals surface area contributed by atoms with Crippen LogP contribution in [0, 0.1) is 12.8 Å². The number of anilines is 1. The zero-order valence-corrected chi connectivity index (χ0v) is 17.1. The molecule has 11 heteroatoms. The van der Waals surface area contributed by atoms with Crippen LogP contribution in [-0.4, -0.2) is 63.9 Å². The fraction of sp³-hybridized carbons (Fsp3) is 0.500. The number of hydrogen-bond acceptors (Lipinski definition) is 6. The molecule has 2 aliphatic heterocycles. The third-order valence-corrected chi connectivity index (χ3v) is 6.64. The highest BCUT2D eigenvalue weighted by molar-refractivity contribution is 7.87. The average Bonchev–Trinajstić information content (AvgIpc) is 3.12. The van der Waals surface area contributed by atoms with E-state index in [-0.39, 0.29) is 36.6 Å². The predicted molar refractivity (Wildman–Crippen MR) is 105 cm³/mol. The molecule has 0 aromatic heterocycles. The van der Waals surface area contributed by atoms with E-state index in [1.54, 1.807) is 24.0 Å². The summed E-state index contributed by atoms with van der Waals surface area (Å²) in [5.74, 6) is -1.44. The summed E-state index contributed by atoms with van der Waals surface area (Å²) in [5, 5.41) is 2.71. The Morgan fingerprint density at radius 3 is 2.45 bits per heavy atom. The molecule has 0 aliphatic carbocycles. The van der Waals surface area contributed by atoms with Crippen LogP contribution in [0.4, 0.5) is 10.5 Å². The molecule has 0 radical (unpaired) electrons. The Bertz CT molecular complexity index is 924. The van der Waals surface area contributed by atoms with Gasteiger partial charge in [0.2, 0.25) is 0 Å². The van der Waals surface area contributed by atoms with Crippen LogP contribution >= 0.6 is 0 Å². The molecule has 0 saturated carbocycles. The third-order valence-electron chi connectivity index (χ3n) is 5.16. The predicted octanol–water partition coefficient (Wildman–Crippen LogP) is 0.384. The fourth-order valence-corrected chi connectivity index (χ4v) is 4.71. The van der Waals surface area contributed by atoms with Crippen molar-refractivity contribution < 1.29 is 27.5 Å². The number of nitrogens with one attached hydrogen (secondary N) is 2. The van der Waals surface area contributed by atoms with E-state index in [1.807, 2.05) is 0 Å². The summed E-state index contributed by atoms with van der Waals surface area (Å²) in [5.41, 5.74) is 1.54. The number of hydrogen-bond donors (Lipinski definition) is 2. The summed E-state index contributed by atoms with van der Waals surface area (Å²) >= 11 is 0. The average molecular weight is 424 g/mol. The molecule has 2 N–H and O–H groups in total. The van der Waals surface area contributed by atoms with Crippen molar-refractivity contribution in [3.8, 4) is 0 Å². The normalized spacial score (nSPS) is 18.4. The van der Waals surface area contributed by atoms with E-state index in [0.29, 0.717) is 37.2 Å². The molecule has 29 heavy (non-hydrogen) atoms. The van der Waals surface area contributed by atoms with Crippen LogP contribution in [0.1, 0.15) is 28.8 Å². The molecule has 158 valence electrons. The van der Waals surface area contributed by atoms with E-state index in [0.717, 1.165) is 4.31 Å². The second-order valence-electron chi connectivity index (χ2n) is 7.02. The number of ether oxygens (including phenoxy) is 1. The lowest BCUT2D eigenvalue weighted by atomic mass is 9.99. The number of esters is 1. The zero-order chi connectivity index (χ0) is 21.2. The van der Waals surface area contributed by atoms with Gasteiger partial charge in [0.1, 0.15) is 0 Å². The molecule has 2 aliphatic rings. The number of methoxy groups -OCH3 is 1. The number of urea groups is 1. The summed E-state index contributed by atoms with van der Waals surface area (Å²) < 4.78 is 33.0. The lowest BCUT2D eigenvalue weighted by Crippen LogP contribution is -2.47. The van der Waals surface area contributed by atoms with Gasteiger partial charge >= 0.3 is 22.2 Å². The minimum Gasteiger partial charge on any atom is -0.469 e. The van der Waals surface area contributed by atoms with Crippen LogP contribution in [0.2, 0.25) is 0 Å². The molecule has 2 heterocycles. The number of amides is 3. The van der Waals surface area contributed by atoms with E-state index in [2.05, 4.69) is 10.0 Å². The van der Waals surface area contributed by atoms with Gasteiger partial charge in [-0.2, -0.15) is 12.7 Å². The van der Waals surface area contributed by atoms with Crippen LogP contribution in [-0.2, 0) is 19.7 Å². The van der Waals surface area contributed by atoms with Gasteiger partial charge in [-0.15, -0.1) is 0 Å². The van der Waals surface area contributed by atoms with E-state index < -0.39 is 16.1 Å². The van der Waals surface area contributed by atoms with Gasteiger partial charge in [-0.3, -0.25) is 14.5 Å². The molecule has 2 fully saturated rings. The van der Waals surface area contributed by atoms with Crippen LogP contribution in [0.3, 0.4) is 0 Å². The first-order valence-electron chi connectivity index (χ1n) is 9.29. The Hall–Kier alpha value is -2.66. The lowest BCUT2D eigenvalue weighted by Gasteiger charge is -2.29. The highest BCUT2D eigenvalue weighted by Gasteiger charge is 2.32. The molecule has 3 rings (SSSR count). The monoisotopic (exact) mass is 424 g/mol. The van der Waals surface area contributed by atoms with Gasteiger partial charge in [0.25, 0.3) is 5.91 Å². The van der Waals surface area contributed by atoms with Gasteiger partial charge in [0.05, 0.1) is 13.0 Å². The van der Waals surface area contributed by atoms with Crippen molar-refractivity contribution in [3.05, 3.63) is 29.3 Å². The van der Waals surface area contributed by atoms with Gasteiger partial charge in [-0.25, -0.2) is 9.52 Å². The fourth-order valence-electron chi connectivity index (χ4n) is 3.54. The maximum atomic E-state index is 12.5. The van der Waals surface area contributed by atoms with Gasteiger partial charge in [-0.05, 0) is 43.5 Å². The quantitative estimate of drug-likeness (QED) is 0.659. The maximum Gasteiger partial charge on any atom is 0.322 e. The number of piperidine rings is 1. The minimum atomic E-state index is -4.03. The SMILES string of the molecule is COC(=O)C1CCN(S(=O)(=O)NC(=O)c2ccc(N3CCNC3=O)c(C)c2)CC1. The van der Waals surface area contributed by atoms with Crippen LogP contribution < -0.4 is 14.9 Å². The highest BCUT2D eigenvalue weighted by atomic mass is 32.2. The molecule has 1 aromatic carbocycles. The molecule has 0 unspecified atom stereocenters. The van der Waals surface area contributed by atoms with Crippen molar-refractivity contribution in [2.24, 2.45) is 5.92 Å². The van der Waals surface area contributed by atoms with Gasteiger partial charge < -0.3 is 10.1 Å². The molecule has 2 saturated heterocycles. The topological polar surface area (TPSA) is 125 Å². The second-order valence-corrected chi connectivity index (χ2v) is 8.69. The van der Waals surface area contributed by atoms with Crippen molar-refractivity contribution >= 4 is 33.8 Å². The summed E-state index contributed by atoms with van der Waals surface area (Å²) in [7, 11) is -2.73. The lowest BCUT2D eigenvalue weighted by molar-refractivity contribution is -0.146. The van der Waals surface area contributed by atoms with Gasteiger partial charge in [-0.1, -0.05) is 0 Å². The van der Waals surface area contributed by atoms with Crippen LogP contribution in [0.5, 0.6) is 0 Å². The van der Waals surface area contributed by atoms with E-state index in [4.69, 9.17) is 4.74 Å². The Morgan fingerprint density at radius 1 is 1.21 bits per heavy atom. The molecular weight excluding hydrogens is 400 g/mol. The largest absolute Gasteiger partial charge is 0.469 e. The standard InChI is InChI=1S/C18H24N4O6S/c1-12-11-14(3-4-15(12)22-10-7-19-18(22)25)16(23)20-29(26,27)21-8-5-13(6-9-21)17(24)28-2/h3-4,11,13H,5-10H2,1-2H3,(H,19,25)(H,20,23). The van der Waals surface area contributed by atoms with E-state index in [1.165, 1.54) is 13.2 Å². The Kier molecular flexibility index (Phi) is 6.08. The van der Waals surface area contributed by atoms with Gasteiger partial charge in [0, 0.05) is 37.4 Å². The Labute approximate surface area is 169 Å². The molecular formula is C18H24N4O6S. The first kappa shape index (κ1) is 21.1. The summed E-state index contributed by atoms with van der Waals surface area (Å²) in [6.07, 6.45) is 0.682. The van der Waals surface area contributed by atoms with Crippen molar-refractivity contribution in [1.82, 2.24) is 14.3 Å². The van der Waals surface area contributed by atoms with Crippen molar-refractivity contribution in [1.29, 1.82) is 0 Å². The number of carbonyl (C=O) groups is 3. The van der Waals surface area contributed by atoms with Gasteiger partial charge in [0.15, 0.2) is 0 Å². The molecule has 0 spiro atoms. The number of aryl methyl sites for hydroxylation is 1. The Balaban J connectivity index is 1.66. The van der Waals surface area contributed by atoms with E-state index in [9.17, 15) is 22.8 Å². The van der Waals surface area contributed by atoms with E-state index >= 15 is 0 Å². The number of nitrogens with zero attached hydrogens (tertiary/aromatic N) is 2. The maximum absolute atomic E-state index is 12.5. The number of rotatable bonds is 5.